The number of pyridine rings is 1. The van der Waals surface area contributed by atoms with Crippen molar-refractivity contribution in [3.8, 4) is 0 Å². The van der Waals surface area contributed by atoms with Gasteiger partial charge in [-0.05, 0) is 28.8 Å². The molecular weight excluding hydrogens is 348 g/mol. The summed E-state index contributed by atoms with van der Waals surface area (Å²) in [6.45, 7) is 0.132. The number of nitrogens with two attached hydrogens (primary N) is 1. The van der Waals surface area contributed by atoms with Crippen LogP contribution in [0.25, 0.3) is 0 Å². The Bertz CT molecular complexity index is 632. The zero-order chi connectivity index (χ0) is 15.6. The predicted molar refractivity (Wildman–Crippen MR) is 75.3 cm³/mol. The van der Waals surface area contributed by atoms with E-state index < -0.39 is 22.5 Å². The van der Waals surface area contributed by atoms with E-state index in [2.05, 4.69) is 15.9 Å². The van der Waals surface area contributed by atoms with Crippen LogP contribution in [0.3, 0.4) is 0 Å². The van der Waals surface area contributed by atoms with Crippen molar-refractivity contribution in [3.63, 3.8) is 0 Å². The standard InChI is InChI=1S/C11H13BrN4O5/c12-8-3-6(16(19)20)4-15(11(8)18)5-7-1-2-9(21-7)10(17)14-13/h3-4,7,9H,1-2,5,13H2,(H,14,17). The zero-order valence-electron chi connectivity index (χ0n) is 10.8. The summed E-state index contributed by atoms with van der Waals surface area (Å²) in [5.74, 6) is 4.61. The van der Waals surface area contributed by atoms with E-state index in [0.717, 1.165) is 12.3 Å². The van der Waals surface area contributed by atoms with E-state index in [1.165, 1.54) is 4.57 Å². The van der Waals surface area contributed by atoms with Crippen LogP contribution in [0.15, 0.2) is 21.5 Å². The second kappa shape index (κ2) is 6.33. The van der Waals surface area contributed by atoms with Gasteiger partial charge < -0.3 is 9.30 Å². The zero-order valence-corrected chi connectivity index (χ0v) is 12.4. The van der Waals surface area contributed by atoms with Crippen molar-refractivity contribution in [1.29, 1.82) is 0 Å². The number of hydrogen-bond acceptors (Lipinski definition) is 6. The highest BCUT2D eigenvalue weighted by atomic mass is 79.9. The summed E-state index contributed by atoms with van der Waals surface area (Å²) in [5.41, 5.74) is 1.42. The Labute approximate surface area is 127 Å². The lowest BCUT2D eigenvalue weighted by atomic mass is 10.2. The maximum absolute atomic E-state index is 11.9. The largest absolute Gasteiger partial charge is 0.363 e. The lowest BCUT2D eigenvalue weighted by Gasteiger charge is -2.14. The number of carbonyl (C=O) groups is 1. The molecule has 114 valence electrons. The van der Waals surface area contributed by atoms with Gasteiger partial charge in [0.05, 0.1) is 28.2 Å². The first-order chi connectivity index (χ1) is 9.92. The van der Waals surface area contributed by atoms with Gasteiger partial charge in [0.1, 0.15) is 6.10 Å². The molecule has 0 aromatic carbocycles. The molecular formula is C11H13BrN4O5. The highest BCUT2D eigenvalue weighted by Crippen LogP contribution is 2.22. The molecule has 0 bridgehead atoms. The molecule has 10 heteroatoms. The van der Waals surface area contributed by atoms with E-state index in [1.54, 1.807) is 0 Å². The number of nitro groups is 1. The van der Waals surface area contributed by atoms with Crippen LogP contribution in [0.1, 0.15) is 12.8 Å². The van der Waals surface area contributed by atoms with Gasteiger partial charge in [0.15, 0.2) is 0 Å². The maximum Gasteiger partial charge on any atom is 0.286 e. The van der Waals surface area contributed by atoms with Crippen LogP contribution in [0.5, 0.6) is 0 Å². The maximum atomic E-state index is 11.9. The smallest absolute Gasteiger partial charge is 0.286 e. The number of halogens is 1. The summed E-state index contributed by atoms with van der Waals surface area (Å²) in [4.78, 5) is 33.5. The Hall–Kier alpha value is -1.78. The van der Waals surface area contributed by atoms with E-state index in [-0.39, 0.29) is 22.8 Å². The van der Waals surface area contributed by atoms with Crippen molar-refractivity contribution in [3.05, 3.63) is 37.2 Å². The highest BCUT2D eigenvalue weighted by molar-refractivity contribution is 9.10. The van der Waals surface area contributed by atoms with Gasteiger partial charge in [0, 0.05) is 6.07 Å². The van der Waals surface area contributed by atoms with Gasteiger partial charge in [0.2, 0.25) is 0 Å². The number of ether oxygens (including phenoxy) is 1. The van der Waals surface area contributed by atoms with E-state index in [1.807, 2.05) is 5.43 Å². The van der Waals surface area contributed by atoms with Crippen molar-refractivity contribution in [2.24, 2.45) is 5.84 Å². The van der Waals surface area contributed by atoms with E-state index in [4.69, 9.17) is 10.6 Å². The Kier molecular flexibility index (Phi) is 4.70. The summed E-state index contributed by atoms with van der Waals surface area (Å²) >= 11 is 3.00. The molecule has 1 fully saturated rings. The molecule has 2 heterocycles. The fourth-order valence-electron chi connectivity index (χ4n) is 2.16. The Morgan fingerprint density at radius 3 is 2.95 bits per heavy atom. The number of amides is 1. The monoisotopic (exact) mass is 360 g/mol. The van der Waals surface area contributed by atoms with E-state index >= 15 is 0 Å². The predicted octanol–water partition coefficient (Wildman–Crippen LogP) is 0.0565. The summed E-state index contributed by atoms with van der Waals surface area (Å²) in [6, 6.07) is 1.15. The second-order valence-electron chi connectivity index (χ2n) is 4.59. The van der Waals surface area contributed by atoms with Crippen LogP contribution in [0, 0.1) is 10.1 Å². The SMILES string of the molecule is NNC(=O)C1CCC(Cn2cc([N+](=O)[O-])cc(Br)c2=O)O1. The lowest BCUT2D eigenvalue weighted by Crippen LogP contribution is -2.39. The third-order valence-electron chi connectivity index (χ3n) is 3.18. The molecule has 1 amide bonds. The number of hydrogen-bond donors (Lipinski definition) is 2. The fourth-order valence-corrected chi connectivity index (χ4v) is 2.63. The Morgan fingerprint density at radius 2 is 2.33 bits per heavy atom. The van der Waals surface area contributed by atoms with Crippen molar-refractivity contribution < 1.29 is 14.5 Å². The third kappa shape index (κ3) is 3.46. The number of nitrogens with zero attached hydrogens (tertiary/aromatic N) is 2. The average Bonchev–Trinajstić information content (AvgIpc) is 2.91. The van der Waals surface area contributed by atoms with E-state index in [9.17, 15) is 19.7 Å². The summed E-state index contributed by atoms with van der Waals surface area (Å²) < 4.78 is 6.78. The van der Waals surface area contributed by atoms with Crippen LogP contribution >= 0.6 is 15.9 Å². The highest BCUT2D eigenvalue weighted by Gasteiger charge is 2.31. The molecule has 2 rings (SSSR count). The molecule has 1 aliphatic heterocycles. The number of nitrogens with one attached hydrogen (secondary N) is 1. The third-order valence-corrected chi connectivity index (χ3v) is 3.75. The van der Waals surface area contributed by atoms with Gasteiger partial charge in [-0.15, -0.1) is 0 Å². The molecule has 0 radical (unpaired) electrons. The number of rotatable bonds is 4. The summed E-state index contributed by atoms with van der Waals surface area (Å²) in [7, 11) is 0. The van der Waals surface area contributed by atoms with Crippen LogP contribution in [-0.2, 0) is 16.1 Å². The molecule has 0 aliphatic carbocycles. The topological polar surface area (TPSA) is 129 Å². The van der Waals surface area contributed by atoms with E-state index in [0.29, 0.717) is 12.8 Å². The lowest BCUT2D eigenvalue weighted by molar-refractivity contribution is -0.385. The minimum atomic E-state index is -0.655. The molecule has 1 saturated heterocycles. The molecule has 2 atom stereocenters. The van der Waals surface area contributed by atoms with Gasteiger partial charge in [-0.25, -0.2) is 5.84 Å². The summed E-state index contributed by atoms with van der Waals surface area (Å²) in [5, 5.41) is 10.8. The molecule has 0 spiro atoms. The molecule has 0 saturated carbocycles. The first-order valence-corrected chi connectivity index (χ1v) is 6.92. The summed E-state index contributed by atoms with van der Waals surface area (Å²) in [6.07, 6.45) is 1.17. The Morgan fingerprint density at radius 1 is 1.62 bits per heavy atom. The molecule has 2 unspecified atom stereocenters. The fraction of sp³-hybridized carbons (Fsp3) is 0.455. The van der Waals surface area contributed by atoms with Crippen molar-refractivity contribution >= 4 is 27.5 Å². The number of carbonyl (C=O) groups excluding carboxylic acids is 1. The normalized spacial score (nSPS) is 21.2. The molecule has 9 nitrogen and oxygen atoms in total. The molecule has 1 aliphatic rings. The first-order valence-electron chi connectivity index (χ1n) is 6.12. The minimum Gasteiger partial charge on any atom is -0.363 e. The first kappa shape index (κ1) is 15.6. The minimum absolute atomic E-state index is 0.103. The van der Waals surface area contributed by atoms with Crippen molar-refractivity contribution in [1.82, 2.24) is 9.99 Å². The Balaban J connectivity index is 2.15. The van der Waals surface area contributed by atoms with Gasteiger partial charge in [0.25, 0.3) is 17.2 Å². The van der Waals surface area contributed by atoms with Gasteiger partial charge >= 0.3 is 0 Å². The molecule has 1 aromatic rings. The average molecular weight is 361 g/mol. The van der Waals surface area contributed by atoms with Crippen molar-refractivity contribution in [2.45, 2.75) is 31.6 Å². The quantitative estimate of drug-likeness (QED) is 0.338. The van der Waals surface area contributed by atoms with Crippen LogP contribution in [0.4, 0.5) is 5.69 Å². The number of hydrazine groups is 1. The van der Waals surface area contributed by atoms with Crippen molar-refractivity contribution in [2.75, 3.05) is 0 Å². The van der Waals surface area contributed by atoms with Crippen LogP contribution < -0.4 is 16.8 Å². The molecule has 21 heavy (non-hydrogen) atoms. The van der Waals surface area contributed by atoms with Crippen LogP contribution in [-0.4, -0.2) is 27.6 Å². The second-order valence-corrected chi connectivity index (χ2v) is 5.45. The van der Waals surface area contributed by atoms with Crippen LogP contribution in [0.2, 0.25) is 0 Å². The molecule has 3 N–H and O–H groups in total. The van der Waals surface area contributed by atoms with Gasteiger partial charge in [-0.2, -0.15) is 0 Å². The van der Waals surface area contributed by atoms with Gasteiger partial charge in [-0.3, -0.25) is 25.1 Å². The van der Waals surface area contributed by atoms with Gasteiger partial charge in [-0.1, -0.05) is 0 Å². The number of aromatic nitrogens is 1. The molecule has 1 aromatic heterocycles.